The first-order valence-corrected chi connectivity index (χ1v) is 5.25. The average Bonchev–Trinajstić information content (AvgIpc) is 2.94. The van der Waals surface area contributed by atoms with Crippen molar-refractivity contribution in [2.24, 2.45) is 0 Å². The van der Waals surface area contributed by atoms with Gasteiger partial charge in [-0.25, -0.2) is 4.79 Å². The van der Waals surface area contributed by atoms with Crippen molar-refractivity contribution in [1.82, 2.24) is 5.32 Å². The Morgan fingerprint density at radius 3 is 2.75 bits per heavy atom. The van der Waals surface area contributed by atoms with Crippen LogP contribution in [0.25, 0.3) is 0 Å². The summed E-state index contributed by atoms with van der Waals surface area (Å²) in [5, 5.41) is 21.1. The van der Waals surface area contributed by atoms with Crippen molar-refractivity contribution >= 4 is 5.97 Å². The number of carbonyl (C=O) groups is 1. The minimum Gasteiger partial charge on any atom is -0.475 e. The van der Waals surface area contributed by atoms with E-state index in [9.17, 15) is 4.79 Å². The SMILES string of the molecule is Cc1oc(C(=O)O)cc1CNC1(CO)CC1. The molecule has 3 N–H and O–H groups in total. The van der Waals surface area contributed by atoms with Gasteiger partial charge in [0.1, 0.15) is 5.76 Å². The fraction of sp³-hybridized carbons (Fsp3) is 0.545. The second-order valence-electron chi connectivity index (χ2n) is 4.29. The Bertz CT molecular complexity index is 406. The smallest absolute Gasteiger partial charge is 0.371 e. The van der Waals surface area contributed by atoms with Crippen LogP contribution >= 0.6 is 0 Å². The molecule has 88 valence electrons. The Kier molecular flexibility index (Phi) is 2.73. The van der Waals surface area contributed by atoms with Crippen LogP contribution in [0, 0.1) is 6.92 Å². The van der Waals surface area contributed by atoms with E-state index in [4.69, 9.17) is 14.6 Å². The van der Waals surface area contributed by atoms with Crippen LogP contribution in [0.4, 0.5) is 0 Å². The predicted molar refractivity (Wildman–Crippen MR) is 56.3 cm³/mol. The van der Waals surface area contributed by atoms with Gasteiger partial charge < -0.3 is 19.9 Å². The third-order valence-corrected chi connectivity index (χ3v) is 3.04. The molecule has 1 aliphatic rings. The van der Waals surface area contributed by atoms with Crippen LogP contribution in [-0.2, 0) is 6.54 Å². The van der Waals surface area contributed by atoms with Crippen molar-refractivity contribution in [3.8, 4) is 0 Å². The maximum Gasteiger partial charge on any atom is 0.371 e. The minimum atomic E-state index is -1.06. The monoisotopic (exact) mass is 225 g/mol. The quantitative estimate of drug-likeness (QED) is 0.693. The Labute approximate surface area is 93.1 Å². The molecule has 1 heterocycles. The third kappa shape index (κ3) is 2.10. The van der Waals surface area contributed by atoms with Gasteiger partial charge in [-0.2, -0.15) is 0 Å². The number of furan rings is 1. The lowest BCUT2D eigenvalue weighted by molar-refractivity contribution is 0.0661. The number of aliphatic hydroxyl groups excluding tert-OH is 1. The molecule has 0 aliphatic heterocycles. The number of hydrogen-bond acceptors (Lipinski definition) is 4. The van der Waals surface area contributed by atoms with E-state index in [2.05, 4.69) is 5.32 Å². The predicted octanol–water partition coefficient (Wildman–Crippen LogP) is 0.901. The van der Waals surface area contributed by atoms with Crippen LogP contribution in [0.15, 0.2) is 10.5 Å². The first kappa shape index (κ1) is 11.2. The van der Waals surface area contributed by atoms with Crippen molar-refractivity contribution in [2.45, 2.75) is 31.8 Å². The van der Waals surface area contributed by atoms with Gasteiger partial charge in [0, 0.05) is 17.6 Å². The summed E-state index contributed by atoms with van der Waals surface area (Å²) in [6.07, 6.45) is 1.93. The summed E-state index contributed by atoms with van der Waals surface area (Å²) >= 11 is 0. The van der Waals surface area contributed by atoms with Crippen molar-refractivity contribution in [1.29, 1.82) is 0 Å². The fourth-order valence-electron chi connectivity index (χ4n) is 1.63. The molecule has 5 nitrogen and oxygen atoms in total. The molecule has 1 aromatic rings. The first-order valence-electron chi connectivity index (χ1n) is 5.25. The van der Waals surface area contributed by atoms with Crippen molar-refractivity contribution in [3.05, 3.63) is 23.2 Å². The van der Waals surface area contributed by atoms with E-state index in [1.165, 1.54) is 6.07 Å². The summed E-state index contributed by atoms with van der Waals surface area (Å²) in [4.78, 5) is 10.7. The maximum absolute atomic E-state index is 10.7. The number of nitrogens with one attached hydrogen (secondary N) is 1. The first-order chi connectivity index (χ1) is 7.56. The van der Waals surface area contributed by atoms with E-state index in [0.29, 0.717) is 12.3 Å². The van der Waals surface area contributed by atoms with Crippen LogP contribution in [0.1, 0.15) is 34.7 Å². The van der Waals surface area contributed by atoms with Crippen molar-refractivity contribution in [3.63, 3.8) is 0 Å². The van der Waals surface area contributed by atoms with Crippen molar-refractivity contribution < 1.29 is 19.4 Å². The molecule has 0 spiro atoms. The molecule has 0 saturated heterocycles. The second-order valence-corrected chi connectivity index (χ2v) is 4.29. The molecule has 2 rings (SSSR count). The molecular weight excluding hydrogens is 210 g/mol. The number of carboxylic acid groups (broad SMARTS) is 1. The van der Waals surface area contributed by atoms with Gasteiger partial charge in [0.15, 0.2) is 0 Å². The lowest BCUT2D eigenvalue weighted by Crippen LogP contribution is -2.34. The van der Waals surface area contributed by atoms with Gasteiger partial charge in [-0.05, 0) is 25.8 Å². The molecule has 0 bridgehead atoms. The fourth-order valence-corrected chi connectivity index (χ4v) is 1.63. The number of aromatic carboxylic acids is 1. The molecule has 1 aliphatic carbocycles. The van der Waals surface area contributed by atoms with E-state index in [0.717, 1.165) is 18.4 Å². The van der Waals surface area contributed by atoms with E-state index >= 15 is 0 Å². The summed E-state index contributed by atoms with van der Waals surface area (Å²) in [5.74, 6) is -0.487. The molecule has 1 saturated carbocycles. The summed E-state index contributed by atoms with van der Waals surface area (Å²) in [5.41, 5.74) is 0.685. The molecule has 1 aromatic heterocycles. The van der Waals surface area contributed by atoms with Gasteiger partial charge in [0.05, 0.1) is 6.61 Å². The summed E-state index contributed by atoms with van der Waals surface area (Å²) in [6.45, 7) is 2.39. The lowest BCUT2D eigenvalue weighted by atomic mass is 10.2. The van der Waals surface area contributed by atoms with E-state index in [1.54, 1.807) is 6.92 Å². The molecule has 0 aromatic carbocycles. The van der Waals surface area contributed by atoms with Crippen LogP contribution in [0.5, 0.6) is 0 Å². The largest absolute Gasteiger partial charge is 0.475 e. The van der Waals surface area contributed by atoms with Crippen LogP contribution in [0.3, 0.4) is 0 Å². The Balaban J connectivity index is 2.01. The van der Waals surface area contributed by atoms with Crippen LogP contribution < -0.4 is 5.32 Å². The van der Waals surface area contributed by atoms with Crippen molar-refractivity contribution in [2.75, 3.05) is 6.61 Å². The zero-order valence-electron chi connectivity index (χ0n) is 9.12. The highest BCUT2D eigenvalue weighted by molar-refractivity contribution is 5.84. The van der Waals surface area contributed by atoms with E-state index in [-0.39, 0.29) is 17.9 Å². The molecule has 5 heteroatoms. The maximum atomic E-state index is 10.7. The Morgan fingerprint density at radius 2 is 2.31 bits per heavy atom. The van der Waals surface area contributed by atoms with Gasteiger partial charge in [0.2, 0.25) is 5.76 Å². The summed E-state index contributed by atoms with van der Waals surface area (Å²) < 4.78 is 5.09. The number of hydrogen-bond donors (Lipinski definition) is 3. The zero-order valence-corrected chi connectivity index (χ0v) is 9.12. The molecule has 1 fully saturated rings. The summed E-state index contributed by atoms with van der Waals surface area (Å²) in [6, 6.07) is 1.53. The molecule has 0 atom stereocenters. The molecular formula is C11H15NO4. The zero-order chi connectivity index (χ0) is 11.8. The molecule has 16 heavy (non-hydrogen) atoms. The van der Waals surface area contributed by atoms with Crippen LogP contribution in [0.2, 0.25) is 0 Å². The standard InChI is InChI=1S/C11H15NO4/c1-7-8(4-9(16-7)10(14)15)5-12-11(6-13)2-3-11/h4,12-13H,2-3,5-6H2,1H3,(H,14,15). The normalized spacial score (nSPS) is 17.4. The van der Waals surface area contributed by atoms with E-state index < -0.39 is 5.97 Å². The molecule has 0 unspecified atom stereocenters. The van der Waals surface area contributed by atoms with Gasteiger partial charge in [-0.1, -0.05) is 0 Å². The van der Waals surface area contributed by atoms with Gasteiger partial charge >= 0.3 is 5.97 Å². The topological polar surface area (TPSA) is 82.7 Å². The van der Waals surface area contributed by atoms with E-state index in [1.807, 2.05) is 0 Å². The number of rotatable bonds is 5. The average molecular weight is 225 g/mol. The lowest BCUT2D eigenvalue weighted by Gasteiger charge is -2.13. The Hall–Kier alpha value is -1.33. The minimum absolute atomic E-state index is 0.0388. The number of aliphatic hydroxyl groups is 1. The molecule has 0 amide bonds. The highest BCUT2D eigenvalue weighted by Crippen LogP contribution is 2.35. The van der Waals surface area contributed by atoms with Crippen LogP contribution in [-0.4, -0.2) is 28.3 Å². The third-order valence-electron chi connectivity index (χ3n) is 3.04. The highest BCUT2D eigenvalue weighted by Gasteiger charge is 2.41. The summed E-state index contributed by atoms with van der Waals surface area (Å²) in [7, 11) is 0. The van der Waals surface area contributed by atoms with Gasteiger partial charge in [-0.3, -0.25) is 0 Å². The Morgan fingerprint density at radius 1 is 1.62 bits per heavy atom. The molecule has 0 radical (unpaired) electrons. The number of carboxylic acids is 1. The second kappa shape index (κ2) is 3.92. The van der Waals surface area contributed by atoms with Gasteiger partial charge in [-0.15, -0.1) is 0 Å². The van der Waals surface area contributed by atoms with Gasteiger partial charge in [0.25, 0.3) is 0 Å². The highest BCUT2D eigenvalue weighted by atomic mass is 16.4. The number of aryl methyl sites for hydroxylation is 1.